The molecule has 5 heavy (non-hydrogen) atoms. The molecule has 0 saturated carbocycles. The van der Waals surface area contributed by atoms with Crippen LogP contribution < -0.4 is 0 Å². The van der Waals surface area contributed by atoms with E-state index in [2.05, 4.69) is 0 Å². The molecular formula is H3B2FIP. The lowest BCUT2D eigenvalue weighted by molar-refractivity contribution is 0.932. The molecule has 28 valence electrons. The van der Waals surface area contributed by atoms with Crippen molar-refractivity contribution < 1.29 is 4.20 Å². The van der Waals surface area contributed by atoms with Gasteiger partial charge in [-0.3, -0.25) is 0 Å². The standard InChI is InChI=1S/B2FH3IP/c1-2-5(3)4/h2H,1H2/i2T. The summed E-state index contributed by atoms with van der Waals surface area (Å²) in [6, 6.07) is 0. The maximum Gasteiger partial charge on any atom is 0.167 e. The first-order valence-corrected chi connectivity index (χ1v) is 5.26. The van der Waals surface area contributed by atoms with Gasteiger partial charge < -0.3 is 0 Å². The van der Waals surface area contributed by atoms with Crippen LogP contribution in [0.15, 0.2) is 0 Å². The number of hydrogen-bond donors (Lipinski definition) is 0. The summed E-state index contributed by atoms with van der Waals surface area (Å²) in [5, 5.41) is 0. The van der Waals surface area contributed by atoms with Crippen LogP contribution in [0.2, 0.25) is 0 Å². The van der Waals surface area contributed by atoms with Gasteiger partial charge in [0.1, 0.15) is 0 Å². The van der Waals surface area contributed by atoms with E-state index in [0.717, 1.165) is 0 Å². The molecule has 0 radical (unpaired) electrons. The van der Waals surface area contributed by atoms with Gasteiger partial charge in [-0.25, -0.2) is 4.20 Å². The zero-order chi connectivity index (χ0) is 5.15. The second-order valence-electron chi connectivity index (χ2n) is 0.517. The molecule has 0 aliphatic carbocycles. The van der Waals surface area contributed by atoms with Gasteiger partial charge in [0, 0.05) is 0 Å². The van der Waals surface area contributed by atoms with Crippen molar-refractivity contribution >= 4 is 42.4 Å². The van der Waals surface area contributed by atoms with Crippen LogP contribution in [0.3, 0.4) is 0 Å². The van der Waals surface area contributed by atoms with Crippen molar-refractivity contribution in [1.29, 1.82) is 1.34 Å². The summed E-state index contributed by atoms with van der Waals surface area (Å²) in [5.74, 6) is -1.52. The van der Waals surface area contributed by atoms with Crippen LogP contribution in [0.5, 0.6) is 0 Å². The third kappa shape index (κ3) is 5.22. The molecule has 0 saturated heterocycles. The maximum absolute atomic E-state index is 11.7. The first kappa shape index (κ1) is 4.38. The van der Waals surface area contributed by atoms with Crippen LogP contribution in [-0.4, -0.2) is 15.9 Å². The van der Waals surface area contributed by atoms with Crippen molar-refractivity contribution in [3.05, 3.63) is 0 Å². The van der Waals surface area contributed by atoms with Crippen LogP contribution in [0.1, 0.15) is 0 Å². The van der Waals surface area contributed by atoms with Crippen LogP contribution >= 0.6 is 27.8 Å². The summed E-state index contributed by atoms with van der Waals surface area (Å²) >= 11 is 1.64. The Kier molecular flexibility index (Phi) is 2.99. The van der Waals surface area contributed by atoms with Crippen molar-refractivity contribution in [2.24, 2.45) is 0 Å². The molecule has 1 atom stereocenters. The largest absolute Gasteiger partial charge is 0.228 e. The van der Waals surface area contributed by atoms with Gasteiger partial charge in [0.05, 0.1) is 13.5 Å². The highest BCUT2D eigenvalue weighted by molar-refractivity contribution is 14.2. The van der Waals surface area contributed by atoms with Gasteiger partial charge in [0.2, 0.25) is 0 Å². The highest BCUT2D eigenvalue weighted by atomic mass is 127. The smallest absolute Gasteiger partial charge is 0.167 e. The van der Waals surface area contributed by atoms with E-state index in [-0.39, 0.29) is 0 Å². The molecule has 0 fully saturated rings. The van der Waals surface area contributed by atoms with E-state index in [1.807, 2.05) is 0 Å². The molecule has 0 amide bonds. The Bertz CT molecular complexity index is 34.5. The van der Waals surface area contributed by atoms with Gasteiger partial charge in [0.15, 0.2) is 6.85 Å². The molecule has 1 unspecified atom stereocenters. The molecule has 0 aromatic carbocycles. The average Bonchev–Trinajstić information content (AvgIpc) is 1.36. The molecule has 0 bridgehead atoms. The predicted molar refractivity (Wildman–Crippen MR) is 37.7 cm³/mol. The molecule has 0 N–H and O–H groups in total. The van der Waals surface area contributed by atoms with Crippen LogP contribution in [0.25, 0.3) is 0 Å². The summed E-state index contributed by atoms with van der Waals surface area (Å²) in [5.41, 5.74) is 0. The summed E-state index contributed by atoms with van der Waals surface area (Å²) in [6.45, 7) is -0.513. The van der Waals surface area contributed by atoms with Gasteiger partial charge in [-0.05, 0) is 23.4 Å². The minimum absolute atomic E-state index is 0.513. The molecular weight excluding hydrogens is 198 g/mol. The molecule has 0 heterocycles. The molecule has 0 rings (SSSR count). The maximum atomic E-state index is 11.7. The fraction of sp³-hybridized carbons (Fsp3) is 0. The summed E-state index contributed by atoms with van der Waals surface area (Å²) in [6.07, 6.45) is 0. The first-order chi connectivity index (χ1) is 2.64. The lowest BCUT2D eigenvalue weighted by Gasteiger charge is -1.80. The van der Waals surface area contributed by atoms with E-state index in [1.54, 1.807) is 29.8 Å². The van der Waals surface area contributed by atoms with Crippen LogP contribution in [-0.2, 0) is 0 Å². The van der Waals surface area contributed by atoms with Gasteiger partial charge in [-0.2, -0.15) is 0 Å². The molecule has 0 nitrogen and oxygen atoms in total. The van der Waals surface area contributed by atoms with E-state index in [0.29, 0.717) is 0 Å². The lowest BCUT2D eigenvalue weighted by atomic mass is 9.79. The Balaban J connectivity index is 2.99. The quantitative estimate of drug-likeness (QED) is 0.333. The van der Waals surface area contributed by atoms with Gasteiger partial charge in [-0.1, -0.05) is 0 Å². The molecule has 0 aliphatic heterocycles. The monoisotopic (exact) mass is 204 g/mol. The fourth-order valence-electron chi connectivity index (χ4n) is 0. The van der Waals surface area contributed by atoms with E-state index in [1.165, 1.54) is 0 Å². The second kappa shape index (κ2) is 3.41. The van der Waals surface area contributed by atoms with Gasteiger partial charge in [0.25, 0.3) is 0 Å². The van der Waals surface area contributed by atoms with E-state index in [4.69, 9.17) is 1.34 Å². The van der Waals surface area contributed by atoms with Crippen molar-refractivity contribution in [3.8, 4) is 0 Å². The Labute approximate surface area is 48.2 Å². The molecule has 0 spiro atoms. The van der Waals surface area contributed by atoms with Crippen molar-refractivity contribution in [3.63, 3.8) is 0 Å². The second-order valence-corrected chi connectivity index (χ2v) is 4.32. The topological polar surface area (TPSA) is 0 Å². The average molecular weight is 204 g/mol. The Morgan fingerprint density at radius 1 is 2.40 bits per heavy atom. The highest BCUT2D eigenvalue weighted by Gasteiger charge is 1.91. The molecule has 0 aromatic heterocycles. The third-order valence-electron chi connectivity index (χ3n) is 0.195. The molecule has 0 aromatic rings. The zero-order valence-corrected chi connectivity index (χ0v) is 5.83. The van der Waals surface area contributed by atoms with E-state index in [9.17, 15) is 4.20 Å². The number of hydrogen-bond acceptors (Lipinski definition) is 0. The fourth-order valence-corrected chi connectivity index (χ4v) is 0. The summed E-state index contributed by atoms with van der Waals surface area (Å²) in [4.78, 5) is 0. The van der Waals surface area contributed by atoms with Crippen LogP contribution in [0.4, 0.5) is 4.20 Å². The van der Waals surface area contributed by atoms with Crippen LogP contribution in [0, 0.1) is 0 Å². The zero-order valence-electron chi connectivity index (χ0n) is 3.78. The van der Waals surface area contributed by atoms with Gasteiger partial charge >= 0.3 is 0 Å². The Morgan fingerprint density at radius 2 is 2.60 bits per heavy atom. The van der Waals surface area contributed by atoms with Crippen molar-refractivity contribution in [2.75, 3.05) is 0 Å². The van der Waals surface area contributed by atoms with Gasteiger partial charge in [-0.15, -0.1) is 0 Å². The minimum Gasteiger partial charge on any atom is -0.228 e. The Hall–Kier alpha value is 1.22. The SMILES string of the molecule is [3H]B(B)P(F)I. The van der Waals surface area contributed by atoms with Crippen molar-refractivity contribution in [1.82, 2.24) is 0 Å². The number of rotatable bonds is 1. The predicted octanol–water partition coefficient (Wildman–Crippen LogP) is 0.602. The third-order valence-corrected chi connectivity index (χ3v) is 2.26. The minimum atomic E-state index is -1.52. The van der Waals surface area contributed by atoms with E-state index < -0.39 is 12.6 Å². The molecule has 0 aliphatic rings. The highest BCUT2D eigenvalue weighted by Crippen LogP contribution is 2.42. The summed E-state index contributed by atoms with van der Waals surface area (Å²) < 4.78 is 18.4. The normalized spacial score (nSPS) is 16.8. The van der Waals surface area contributed by atoms with Crippen molar-refractivity contribution in [2.45, 2.75) is 0 Å². The summed E-state index contributed by atoms with van der Waals surface area (Å²) in [7, 11) is 1.55. The Morgan fingerprint density at radius 3 is 2.60 bits per heavy atom. The lowest BCUT2D eigenvalue weighted by Crippen LogP contribution is -1.71. The number of halogens is 2. The first-order valence-electron chi connectivity index (χ1n) is 1.75. The molecule has 5 heteroatoms. The van der Waals surface area contributed by atoms with E-state index >= 15 is 0 Å².